The predicted molar refractivity (Wildman–Crippen MR) is 130 cm³/mol. The van der Waals surface area contributed by atoms with Gasteiger partial charge in [0.05, 0.1) is 0 Å². The van der Waals surface area contributed by atoms with Crippen LogP contribution < -0.4 is 16.2 Å². The van der Waals surface area contributed by atoms with Crippen LogP contribution in [0.3, 0.4) is 0 Å². The van der Waals surface area contributed by atoms with Gasteiger partial charge in [-0.25, -0.2) is 0 Å². The summed E-state index contributed by atoms with van der Waals surface area (Å²) in [5, 5.41) is 1.26. The van der Waals surface area contributed by atoms with E-state index in [1.165, 1.54) is 5.19 Å². The normalized spacial score (nSPS) is 11.8. The zero-order valence-electron chi connectivity index (χ0n) is 17.3. The van der Waals surface area contributed by atoms with Crippen LogP contribution in [-0.2, 0) is 15.8 Å². The zero-order valence-corrected chi connectivity index (χ0v) is 21.5. The fraction of sp³-hybridized carbons (Fsp3) is 0.174. The third-order valence-electron chi connectivity index (χ3n) is 4.95. The second-order valence-electron chi connectivity index (χ2n) is 8.35. The van der Waals surface area contributed by atoms with Gasteiger partial charge in [-0.15, -0.1) is 24.8 Å². The van der Waals surface area contributed by atoms with Gasteiger partial charge in [0.2, 0.25) is 0 Å². The van der Waals surface area contributed by atoms with Crippen molar-refractivity contribution in [3.63, 3.8) is 0 Å². The van der Waals surface area contributed by atoms with Crippen LogP contribution in [0.4, 0.5) is 3.09 Å². The van der Waals surface area contributed by atoms with E-state index in [9.17, 15) is 0 Å². The molecule has 0 aromatic heterocycles. The Balaban J connectivity index is 0.00000210. The SMILES string of the molecule is Cl.Cl.[CH2]=[Ti]([F])([O]c1cc(C)cc([Si](C)(C)C)c1)([c]1ccccc1)[c]1ccccc1. The fourth-order valence-electron chi connectivity index (χ4n) is 3.31. The number of rotatable bonds is 5. The summed E-state index contributed by atoms with van der Waals surface area (Å²) in [7, 11) is -1.56. The van der Waals surface area contributed by atoms with E-state index in [4.69, 9.17) is 3.32 Å². The summed E-state index contributed by atoms with van der Waals surface area (Å²) in [5.41, 5.74) is 1.08. The molecule has 0 saturated heterocycles. The Morgan fingerprint density at radius 2 is 1.24 bits per heavy atom. The van der Waals surface area contributed by atoms with Crippen molar-refractivity contribution < 1.29 is 22.2 Å². The molecular weight excluding hydrogens is 458 g/mol. The molecule has 0 aliphatic rings. The Kier molecular flexibility index (Phi) is 8.26. The third kappa shape index (κ3) is 5.48. The molecule has 0 spiro atoms. The van der Waals surface area contributed by atoms with E-state index in [0.29, 0.717) is 13.5 Å². The Bertz CT molecular complexity index is 975. The van der Waals surface area contributed by atoms with E-state index in [2.05, 4.69) is 30.5 Å². The molecule has 1 nitrogen and oxygen atoms in total. The van der Waals surface area contributed by atoms with E-state index in [-0.39, 0.29) is 24.8 Å². The molecule has 0 radical (unpaired) electrons. The molecule has 0 aliphatic carbocycles. The van der Waals surface area contributed by atoms with Crippen LogP contribution in [-0.4, -0.2) is 12.9 Å². The second-order valence-corrected chi connectivity index (χ2v) is 19.4. The predicted octanol–water partition coefficient (Wildman–Crippen LogP) is 5.33. The first-order chi connectivity index (χ1) is 12.6. The van der Waals surface area contributed by atoms with Crippen molar-refractivity contribution in [3.8, 4) is 5.75 Å². The number of aryl methyl sites for hydroxylation is 1. The van der Waals surface area contributed by atoms with Crippen LogP contribution in [0.5, 0.6) is 5.75 Å². The van der Waals surface area contributed by atoms with Crippen molar-refractivity contribution in [2.24, 2.45) is 0 Å². The van der Waals surface area contributed by atoms with Gasteiger partial charge >= 0.3 is 165 Å². The van der Waals surface area contributed by atoms with Gasteiger partial charge in [-0.05, 0) is 0 Å². The van der Waals surface area contributed by atoms with Crippen LogP contribution in [0.1, 0.15) is 5.56 Å². The van der Waals surface area contributed by atoms with Gasteiger partial charge in [-0.1, -0.05) is 0 Å². The third-order valence-corrected chi connectivity index (χ3v) is 12.6. The number of benzene rings is 3. The average molecular weight is 487 g/mol. The van der Waals surface area contributed by atoms with Crippen molar-refractivity contribution in [3.05, 3.63) is 84.4 Å². The molecule has 29 heavy (non-hydrogen) atoms. The molecule has 3 aromatic rings. The van der Waals surface area contributed by atoms with Crippen LogP contribution in [0.25, 0.3) is 0 Å². The van der Waals surface area contributed by atoms with E-state index in [1.807, 2.05) is 55.5 Å². The number of hydrogen-bond donors (Lipinski definition) is 0. The van der Waals surface area contributed by atoms with Crippen LogP contribution in [0, 0.1) is 6.92 Å². The molecule has 0 amide bonds. The Morgan fingerprint density at radius 3 is 1.66 bits per heavy atom. The van der Waals surface area contributed by atoms with Crippen LogP contribution >= 0.6 is 24.8 Å². The van der Waals surface area contributed by atoms with E-state index < -0.39 is 23.8 Å². The maximum absolute atomic E-state index is 17.1. The zero-order chi connectivity index (χ0) is 19.7. The summed E-state index contributed by atoms with van der Waals surface area (Å²) >= 11 is -5.43. The number of halogens is 3. The van der Waals surface area contributed by atoms with Gasteiger partial charge in [0, 0.05) is 0 Å². The molecule has 0 bridgehead atoms. The van der Waals surface area contributed by atoms with E-state index in [1.54, 1.807) is 24.3 Å². The first-order valence-corrected chi connectivity index (χ1v) is 16.6. The molecule has 0 atom stereocenters. The summed E-state index contributed by atoms with van der Waals surface area (Å²) in [5.74, 6) is 0.578. The molecular formula is C23H29Cl2FOSiTi. The summed E-state index contributed by atoms with van der Waals surface area (Å²) in [6.45, 7) is 8.88. The van der Waals surface area contributed by atoms with Crippen molar-refractivity contribution in [1.29, 1.82) is 0 Å². The maximum atomic E-state index is 17.1. The first-order valence-electron chi connectivity index (χ1n) is 9.25. The molecule has 0 heterocycles. The van der Waals surface area contributed by atoms with Crippen LogP contribution in [0.2, 0.25) is 19.6 Å². The fourth-order valence-corrected chi connectivity index (χ4v) is 9.06. The monoisotopic (exact) mass is 486 g/mol. The average Bonchev–Trinajstić information content (AvgIpc) is 2.62. The molecule has 3 aromatic carbocycles. The molecule has 0 aliphatic heterocycles. The Labute approximate surface area is 188 Å². The van der Waals surface area contributed by atoms with Gasteiger partial charge < -0.3 is 0 Å². The Hall–Kier alpha value is -1.23. The summed E-state index contributed by atoms with van der Waals surface area (Å²) < 4.78 is 24.5. The molecule has 6 heteroatoms. The summed E-state index contributed by atoms with van der Waals surface area (Å²) in [4.78, 5) is 4.17. The van der Waals surface area contributed by atoms with Crippen LogP contribution in [0.15, 0.2) is 78.9 Å². The molecule has 0 saturated carbocycles. The minimum absolute atomic E-state index is 0. The summed E-state index contributed by atoms with van der Waals surface area (Å²) in [6.07, 6.45) is 0. The Morgan fingerprint density at radius 1 is 0.793 bits per heavy atom. The topological polar surface area (TPSA) is 9.23 Å². The van der Waals surface area contributed by atoms with E-state index in [0.717, 1.165) is 5.56 Å². The van der Waals surface area contributed by atoms with Crippen molar-refractivity contribution in [2.45, 2.75) is 26.6 Å². The van der Waals surface area contributed by atoms with Gasteiger partial charge in [0.15, 0.2) is 0 Å². The van der Waals surface area contributed by atoms with Crippen molar-refractivity contribution in [2.75, 3.05) is 0 Å². The molecule has 0 N–H and O–H groups in total. The molecule has 0 fully saturated rings. The molecule has 156 valence electrons. The quantitative estimate of drug-likeness (QED) is 0.442. The standard InChI is InChI=1S/C10H16OSi.2C6H5.CH2.2ClH.FH.Ti/c1-8-5-9(11)7-10(6-8)12(2,3)4;2*1-2-4-6-5-3-1;;;;;/h5-7,11H,1-4H3;2*1-5H;1H2;3*1H;/q;;;;;;;+2/p-2. The van der Waals surface area contributed by atoms with Gasteiger partial charge in [0.1, 0.15) is 0 Å². The van der Waals surface area contributed by atoms with Gasteiger partial charge in [0.25, 0.3) is 0 Å². The van der Waals surface area contributed by atoms with Gasteiger partial charge in [-0.2, -0.15) is 0 Å². The first kappa shape index (κ1) is 25.8. The van der Waals surface area contributed by atoms with Crippen molar-refractivity contribution >= 4 is 50.6 Å². The minimum atomic E-state index is -5.43. The second kappa shape index (κ2) is 9.28. The van der Waals surface area contributed by atoms with Crippen molar-refractivity contribution in [1.82, 2.24) is 0 Å². The molecule has 0 unspecified atom stereocenters. The number of hydrogen-bond acceptors (Lipinski definition) is 1. The van der Waals surface area contributed by atoms with Gasteiger partial charge in [-0.3, -0.25) is 0 Å². The summed E-state index contributed by atoms with van der Waals surface area (Å²) in [6, 6.07) is 24.5. The molecule has 3 rings (SSSR count). The van der Waals surface area contributed by atoms with E-state index >= 15 is 3.09 Å².